The number of fused-ring (bicyclic) bond motifs is 1. The van der Waals surface area contributed by atoms with Crippen molar-refractivity contribution in [2.24, 2.45) is 0 Å². The second-order valence-electron chi connectivity index (χ2n) is 12.0. The molecule has 1 aliphatic rings. The third kappa shape index (κ3) is 8.54. The predicted octanol–water partition coefficient (Wildman–Crippen LogP) is 6.13. The summed E-state index contributed by atoms with van der Waals surface area (Å²) < 4.78 is 54.5. The van der Waals surface area contributed by atoms with Crippen LogP contribution >= 0.6 is 0 Å². The number of nitrogens with one attached hydrogen (secondary N) is 1. The molecule has 1 aliphatic carbocycles. The van der Waals surface area contributed by atoms with E-state index in [0.29, 0.717) is 50.3 Å². The summed E-state index contributed by atoms with van der Waals surface area (Å²) in [5.74, 6) is 0.301. The second kappa shape index (κ2) is 15.1. The zero-order valence-electron chi connectivity index (χ0n) is 26.9. The van der Waals surface area contributed by atoms with E-state index >= 15 is 0 Å². The first-order chi connectivity index (χ1) is 22.5. The fourth-order valence-corrected chi connectivity index (χ4v) is 6.21. The van der Waals surface area contributed by atoms with E-state index < -0.39 is 11.7 Å². The Hall–Kier alpha value is -4.31. The fraction of sp³-hybridized carbons (Fsp3) is 0.378. The minimum Gasteiger partial charge on any atom is -0.334 e. The monoisotopic (exact) mass is 649 g/mol. The molecule has 3 aromatic carbocycles. The van der Waals surface area contributed by atoms with Gasteiger partial charge < -0.3 is 9.80 Å². The number of aryl methyl sites for hydroxylation is 2. The molecule has 5 rings (SSSR count). The van der Waals surface area contributed by atoms with Gasteiger partial charge >= 0.3 is 11.7 Å². The number of halogens is 4. The summed E-state index contributed by atoms with van der Waals surface area (Å²) in [6, 6.07) is 18.9. The first-order valence-electron chi connectivity index (χ1n) is 16.2. The van der Waals surface area contributed by atoms with Crippen LogP contribution in [0.3, 0.4) is 0 Å². The normalized spacial score (nSPS) is 12.8. The maximum absolute atomic E-state index is 14.1. The van der Waals surface area contributed by atoms with Gasteiger partial charge in [0.1, 0.15) is 11.5 Å². The lowest BCUT2D eigenvalue weighted by Crippen LogP contribution is -2.53. The van der Waals surface area contributed by atoms with Gasteiger partial charge in [0, 0.05) is 26.1 Å². The average Bonchev–Trinajstić information content (AvgIpc) is 3.57. The highest BCUT2D eigenvalue weighted by atomic mass is 19.4. The van der Waals surface area contributed by atoms with E-state index in [4.69, 9.17) is 0 Å². The number of aromatic amines is 1. The van der Waals surface area contributed by atoms with E-state index in [9.17, 15) is 27.2 Å². The molecular formula is C37H41F4N4O2+. The number of carbonyl (C=O) groups is 1. The van der Waals surface area contributed by atoms with Crippen molar-refractivity contribution in [3.8, 4) is 11.1 Å². The van der Waals surface area contributed by atoms with Crippen LogP contribution in [-0.2, 0) is 49.7 Å². The van der Waals surface area contributed by atoms with Crippen LogP contribution in [0.25, 0.3) is 11.1 Å². The van der Waals surface area contributed by atoms with Gasteiger partial charge in [-0.1, -0.05) is 62.4 Å². The van der Waals surface area contributed by atoms with Gasteiger partial charge in [0.25, 0.3) is 11.7 Å². The molecule has 47 heavy (non-hydrogen) atoms. The molecule has 0 fully saturated rings. The van der Waals surface area contributed by atoms with Crippen LogP contribution in [0.4, 0.5) is 17.6 Å². The Kier molecular flexibility index (Phi) is 10.9. The minimum absolute atomic E-state index is 0.0712. The van der Waals surface area contributed by atoms with Crippen LogP contribution in [0.1, 0.15) is 54.0 Å². The smallest absolute Gasteiger partial charge is 0.334 e. The van der Waals surface area contributed by atoms with Crippen LogP contribution in [0.15, 0.2) is 77.6 Å². The highest BCUT2D eigenvalue weighted by molar-refractivity contribution is 5.75. The van der Waals surface area contributed by atoms with Gasteiger partial charge in [-0.15, -0.1) is 0 Å². The Labute approximate surface area is 272 Å². The maximum atomic E-state index is 14.1. The second-order valence-corrected chi connectivity index (χ2v) is 12.0. The average molecular weight is 650 g/mol. The van der Waals surface area contributed by atoms with Crippen LogP contribution in [-0.4, -0.2) is 46.9 Å². The third-order valence-corrected chi connectivity index (χ3v) is 9.04. The highest BCUT2D eigenvalue weighted by Gasteiger charge is 2.31. The van der Waals surface area contributed by atoms with E-state index in [-0.39, 0.29) is 23.8 Å². The number of benzene rings is 3. The van der Waals surface area contributed by atoms with Crippen molar-refractivity contribution >= 4 is 5.91 Å². The van der Waals surface area contributed by atoms with Crippen molar-refractivity contribution in [2.45, 2.75) is 65.2 Å². The summed E-state index contributed by atoms with van der Waals surface area (Å²) in [6.45, 7) is 7.55. The molecule has 0 saturated carbocycles. The molecule has 1 amide bonds. The molecule has 1 aromatic heterocycles. The summed E-state index contributed by atoms with van der Waals surface area (Å²) in [5.41, 5.74) is 4.14. The van der Waals surface area contributed by atoms with Crippen molar-refractivity contribution in [1.29, 1.82) is 0 Å². The Morgan fingerprint density at radius 2 is 1.45 bits per heavy atom. The quantitative estimate of drug-likeness (QED) is 0.140. The Morgan fingerprint density at radius 1 is 0.830 bits per heavy atom. The number of alkyl halides is 3. The summed E-state index contributed by atoms with van der Waals surface area (Å²) in [6.07, 6.45) is -1.06. The van der Waals surface area contributed by atoms with Crippen molar-refractivity contribution in [1.82, 2.24) is 14.8 Å². The number of nitrogens with zero attached hydrogens (tertiary/aromatic N) is 3. The molecule has 0 saturated heterocycles. The topological polar surface area (TPSA) is 60.3 Å². The van der Waals surface area contributed by atoms with E-state index in [1.54, 1.807) is 12.1 Å². The van der Waals surface area contributed by atoms with Crippen molar-refractivity contribution < 1.29 is 26.9 Å². The van der Waals surface area contributed by atoms with Crippen LogP contribution in [0, 0.1) is 5.82 Å². The van der Waals surface area contributed by atoms with Gasteiger partial charge in [-0.05, 0) is 78.9 Å². The number of aromatic nitrogens is 2. The highest BCUT2D eigenvalue weighted by Crippen LogP contribution is 2.31. The zero-order chi connectivity index (χ0) is 33.6. The van der Waals surface area contributed by atoms with E-state index in [0.717, 1.165) is 66.0 Å². The molecule has 0 unspecified atom stereocenters. The molecule has 0 radical (unpaired) electrons. The number of H-pyrrole nitrogens is 1. The molecule has 1 heterocycles. The van der Waals surface area contributed by atoms with Gasteiger partial charge in [0.05, 0.1) is 17.5 Å². The van der Waals surface area contributed by atoms with E-state index in [1.165, 1.54) is 24.3 Å². The van der Waals surface area contributed by atoms with Crippen molar-refractivity contribution in [3.63, 3.8) is 0 Å². The summed E-state index contributed by atoms with van der Waals surface area (Å²) >= 11 is 0. The van der Waals surface area contributed by atoms with Crippen LogP contribution < -0.4 is 10.1 Å². The Morgan fingerprint density at radius 3 is 2.06 bits per heavy atom. The lowest BCUT2D eigenvalue weighted by atomic mass is 10.0. The van der Waals surface area contributed by atoms with Crippen molar-refractivity contribution in [2.75, 3.05) is 26.2 Å². The molecule has 0 atom stereocenters. The van der Waals surface area contributed by atoms with E-state index in [2.05, 4.69) is 23.7 Å². The Balaban J connectivity index is 1.37. The summed E-state index contributed by atoms with van der Waals surface area (Å²) in [7, 11) is 0. The predicted molar refractivity (Wildman–Crippen MR) is 173 cm³/mol. The van der Waals surface area contributed by atoms with E-state index in [1.807, 2.05) is 33.7 Å². The third-order valence-electron chi connectivity index (χ3n) is 9.04. The maximum Gasteiger partial charge on any atom is 0.416 e. The van der Waals surface area contributed by atoms with Gasteiger partial charge in [-0.2, -0.15) is 13.2 Å². The lowest BCUT2D eigenvalue weighted by molar-refractivity contribution is -0.702. The van der Waals surface area contributed by atoms with Gasteiger partial charge in [-0.3, -0.25) is 4.79 Å². The molecular weight excluding hydrogens is 608 g/mol. The molecule has 10 heteroatoms. The number of hydrogen-bond acceptors (Lipinski definition) is 3. The first kappa shape index (κ1) is 34.0. The van der Waals surface area contributed by atoms with Gasteiger partial charge in [0.15, 0.2) is 6.54 Å². The van der Waals surface area contributed by atoms with Crippen LogP contribution in [0.2, 0.25) is 0 Å². The molecule has 6 nitrogen and oxygen atoms in total. The molecule has 248 valence electrons. The number of amides is 1. The molecule has 0 bridgehead atoms. The van der Waals surface area contributed by atoms with Gasteiger partial charge in [0.2, 0.25) is 0 Å². The van der Waals surface area contributed by atoms with Crippen LogP contribution in [0.5, 0.6) is 0 Å². The first-order valence-corrected chi connectivity index (χ1v) is 16.2. The number of hydrogen-bond donors (Lipinski definition) is 1. The Bertz CT molecular complexity index is 1710. The molecule has 1 N–H and O–H groups in total. The van der Waals surface area contributed by atoms with Gasteiger partial charge in [-0.25, -0.2) is 18.7 Å². The fourth-order valence-electron chi connectivity index (χ4n) is 6.21. The largest absolute Gasteiger partial charge is 0.416 e. The molecule has 4 aromatic rings. The SMILES string of the molecule is CCN(CC)CCN(Cc1ccc(-c2ccc(C(F)(F)F)cc2)cc1)C(=O)C[n+]1c(CCc2ccc(F)cc2)[nH]c(=O)c2c1CCC2. The number of carbonyl (C=O) groups excluding carboxylic acids is 1. The molecule has 0 spiro atoms. The number of rotatable bonds is 13. The lowest BCUT2D eigenvalue weighted by Gasteiger charge is -2.27. The standard InChI is InChI=1S/C37H40F4N4O2/c1-3-43(4-2)22-23-44(24-27-8-13-28(14-9-27)29-15-17-30(18-16-29)37(39,40)41)35(46)25-45-33-7-5-6-32(33)36(47)42-34(45)21-12-26-10-19-31(38)20-11-26/h8-11,13-20H,3-7,12,21-25H2,1-2H3/p+1. The number of likely N-dealkylation sites (N-methyl/N-ethyl adjacent to an activating group) is 1. The van der Waals surface area contributed by atoms with Crippen molar-refractivity contribution in [3.05, 3.63) is 123 Å². The zero-order valence-corrected chi connectivity index (χ0v) is 26.9. The summed E-state index contributed by atoms with van der Waals surface area (Å²) in [4.78, 5) is 34.2. The minimum atomic E-state index is -4.39. The summed E-state index contributed by atoms with van der Waals surface area (Å²) in [5, 5.41) is 0. The molecule has 0 aliphatic heterocycles.